The summed E-state index contributed by atoms with van der Waals surface area (Å²) in [7, 11) is 0. The highest BCUT2D eigenvalue weighted by Crippen LogP contribution is 2.30. The number of fused-ring (bicyclic) bond motifs is 1. The van der Waals surface area contributed by atoms with Gasteiger partial charge in [-0.25, -0.2) is 0 Å². The van der Waals surface area contributed by atoms with Crippen LogP contribution in [0.2, 0.25) is 0 Å². The van der Waals surface area contributed by atoms with Crippen molar-refractivity contribution in [3.8, 4) is 0 Å². The Labute approximate surface area is 137 Å². The van der Waals surface area contributed by atoms with Gasteiger partial charge in [-0.05, 0) is 37.4 Å². The number of aromatic nitrogens is 4. The van der Waals surface area contributed by atoms with Gasteiger partial charge in [0.2, 0.25) is 4.96 Å². The Morgan fingerprint density at radius 2 is 2.27 bits per heavy atom. The van der Waals surface area contributed by atoms with Crippen molar-refractivity contribution in [3.05, 3.63) is 41.2 Å². The molecule has 1 fully saturated rings. The van der Waals surface area contributed by atoms with Crippen molar-refractivity contribution in [2.45, 2.75) is 35.9 Å². The predicted octanol–water partition coefficient (Wildman–Crippen LogP) is 3.21. The summed E-state index contributed by atoms with van der Waals surface area (Å²) >= 11 is 3.38. The van der Waals surface area contributed by atoms with E-state index in [1.165, 1.54) is 17.5 Å². The molecule has 3 aromatic rings. The van der Waals surface area contributed by atoms with Crippen LogP contribution in [0.5, 0.6) is 0 Å². The first-order chi connectivity index (χ1) is 10.8. The summed E-state index contributed by atoms with van der Waals surface area (Å²) in [4.78, 5) is 0.885. The van der Waals surface area contributed by atoms with Gasteiger partial charge in [0.1, 0.15) is 0 Å². The van der Waals surface area contributed by atoms with Crippen molar-refractivity contribution >= 4 is 28.1 Å². The molecule has 1 atom stereocenters. The maximum absolute atomic E-state index is 4.70. The van der Waals surface area contributed by atoms with E-state index in [9.17, 15) is 0 Å². The van der Waals surface area contributed by atoms with Gasteiger partial charge in [0.25, 0.3) is 0 Å². The molecule has 4 rings (SSSR count). The molecule has 0 saturated carbocycles. The number of benzene rings is 1. The van der Waals surface area contributed by atoms with Gasteiger partial charge >= 0.3 is 0 Å². The molecule has 2 aromatic heterocycles. The lowest BCUT2D eigenvalue weighted by Gasteiger charge is -2.05. The Kier molecular flexibility index (Phi) is 3.85. The molecule has 22 heavy (non-hydrogen) atoms. The largest absolute Gasteiger partial charge is 0.307 e. The van der Waals surface area contributed by atoms with Gasteiger partial charge in [-0.1, -0.05) is 47.4 Å². The molecule has 0 spiro atoms. The molecule has 1 N–H and O–H groups in total. The number of nitrogens with one attached hydrogen (secondary N) is 1. The summed E-state index contributed by atoms with van der Waals surface area (Å²) in [5, 5.41) is 16.7. The van der Waals surface area contributed by atoms with Gasteiger partial charge in [-0.15, -0.1) is 15.3 Å². The van der Waals surface area contributed by atoms with Crippen molar-refractivity contribution in [3.63, 3.8) is 0 Å². The highest BCUT2D eigenvalue weighted by Gasteiger charge is 2.23. The van der Waals surface area contributed by atoms with Gasteiger partial charge in [0.15, 0.2) is 10.2 Å². The maximum atomic E-state index is 4.70. The minimum Gasteiger partial charge on any atom is -0.307 e. The fraction of sp³-hybridized carbons (Fsp3) is 0.400. The average Bonchev–Trinajstić information content (AvgIpc) is 3.22. The molecule has 1 aromatic carbocycles. The van der Waals surface area contributed by atoms with Crippen molar-refractivity contribution in [2.75, 3.05) is 6.54 Å². The first-order valence-electron chi connectivity index (χ1n) is 7.44. The summed E-state index contributed by atoms with van der Waals surface area (Å²) < 4.78 is 2.96. The molecule has 114 valence electrons. The summed E-state index contributed by atoms with van der Waals surface area (Å²) in [6, 6.07) is 8.79. The number of aryl methyl sites for hydroxylation is 1. The Balaban J connectivity index is 1.54. The quantitative estimate of drug-likeness (QED) is 0.744. The van der Waals surface area contributed by atoms with E-state index in [-0.39, 0.29) is 0 Å². The second kappa shape index (κ2) is 5.98. The lowest BCUT2D eigenvalue weighted by molar-refractivity contribution is 0.582. The average molecular weight is 331 g/mol. The number of thioether (sulfide) groups is 1. The highest BCUT2D eigenvalue weighted by atomic mass is 32.2. The van der Waals surface area contributed by atoms with E-state index < -0.39 is 0 Å². The van der Waals surface area contributed by atoms with Crippen LogP contribution in [0.3, 0.4) is 0 Å². The lowest BCUT2D eigenvalue weighted by Crippen LogP contribution is -2.16. The van der Waals surface area contributed by atoms with Gasteiger partial charge in [0.05, 0.1) is 6.04 Å². The van der Waals surface area contributed by atoms with Crippen LogP contribution < -0.4 is 5.32 Å². The highest BCUT2D eigenvalue weighted by molar-refractivity contribution is 8.00. The Bertz CT molecular complexity index is 788. The first kappa shape index (κ1) is 14.2. The topological polar surface area (TPSA) is 55.1 Å². The molecule has 1 aliphatic rings. The number of hydrogen-bond acceptors (Lipinski definition) is 6. The third kappa shape index (κ3) is 2.64. The summed E-state index contributed by atoms with van der Waals surface area (Å²) in [5.41, 5.74) is 2.69. The third-order valence-electron chi connectivity index (χ3n) is 3.98. The number of rotatable bonds is 4. The zero-order chi connectivity index (χ0) is 14.9. The van der Waals surface area contributed by atoms with Crippen LogP contribution in [0.1, 0.15) is 35.8 Å². The van der Waals surface area contributed by atoms with Crippen molar-refractivity contribution in [1.29, 1.82) is 0 Å². The van der Waals surface area contributed by atoms with Crippen LogP contribution in [0.15, 0.2) is 28.6 Å². The number of nitrogens with zero attached hydrogens (tertiary/aromatic N) is 4. The van der Waals surface area contributed by atoms with Crippen LogP contribution in [0, 0.1) is 6.92 Å². The zero-order valence-corrected chi connectivity index (χ0v) is 14.0. The minimum absolute atomic E-state index is 0.298. The van der Waals surface area contributed by atoms with E-state index in [0.29, 0.717) is 6.04 Å². The van der Waals surface area contributed by atoms with Crippen molar-refractivity contribution < 1.29 is 0 Å². The molecule has 0 amide bonds. The van der Waals surface area contributed by atoms with E-state index >= 15 is 0 Å². The van der Waals surface area contributed by atoms with E-state index in [4.69, 9.17) is 5.10 Å². The SMILES string of the molecule is Cc1ccccc1CSc1nn2c([C@H]3CCCN3)nnc2s1. The fourth-order valence-corrected chi connectivity index (χ4v) is 4.67. The first-order valence-corrected chi connectivity index (χ1v) is 9.24. The van der Waals surface area contributed by atoms with Gasteiger partial charge in [-0.2, -0.15) is 4.52 Å². The monoisotopic (exact) mass is 331 g/mol. The second-order valence-corrected chi connectivity index (χ2v) is 7.66. The fourth-order valence-electron chi connectivity index (χ4n) is 2.71. The van der Waals surface area contributed by atoms with E-state index in [0.717, 1.165) is 33.8 Å². The lowest BCUT2D eigenvalue weighted by atomic mass is 10.1. The van der Waals surface area contributed by atoms with Crippen LogP contribution in [-0.2, 0) is 5.75 Å². The molecular formula is C15H17N5S2. The number of hydrogen-bond donors (Lipinski definition) is 1. The molecule has 3 heterocycles. The minimum atomic E-state index is 0.298. The van der Waals surface area contributed by atoms with Crippen LogP contribution in [0.25, 0.3) is 4.96 Å². The van der Waals surface area contributed by atoms with Crippen molar-refractivity contribution in [2.24, 2.45) is 0 Å². The summed E-state index contributed by atoms with van der Waals surface area (Å²) in [6.07, 6.45) is 2.31. The third-order valence-corrected chi connectivity index (χ3v) is 6.06. The van der Waals surface area contributed by atoms with Gasteiger partial charge in [-0.3, -0.25) is 0 Å². The Hall–Kier alpha value is -1.44. The molecule has 1 saturated heterocycles. The molecular weight excluding hydrogens is 314 g/mol. The van der Waals surface area contributed by atoms with Crippen molar-refractivity contribution in [1.82, 2.24) is 25.1 Å². The summed E-state index contributed by atoms with van der Waals surface area (Å²) in [5.74, 6) is 1.89. The van der Waals surface area contributed by atoms with E-state index in [1.807, 2.05) is 4.52 Å². The van der Waals surface area contributed by atoms with E-state index in [1.54, 1.807) is 23.1 Å². The molecule has 0 bridgehead atoms. The predicted molar refractivity (Wildman–Crippen MR) is 89.4 cm³/mol. The maximum Gasteiger partial charge on any atom is 0.235 e. The molecule has 0 unspecified atom stereocenters. The van der Waals surface area contributed by atoms with E-state index in [2.05, 4.69) is 46.7 Å². The molecule has 5 nitrogen and oxygen atoms in total. The van der Waals surface area contributed by atoms with Gasteiger partial charge in [0, 0.05) is 5.75 Å². The smallest absolute Gasteiger partial charge is 0.235 e. The normalized spacial score (nSPS) is 18.3. The summed E-state index contributed by atoms with van der Waals surface area (Å²) in [6.45, 7) is 3.21. The molecule has 7 heteroatoms. The molecule has 0 radical (unpaired) electrons. The second-order valence-electron chi connectivity index (χ2n) is 5.48. The standard InChI is InChI=1S/C15H17N5S2/c1-10-5-2-3-6-11(10)9-21-15-19-20-13(12-7-4-8-16-12)17-18-14(20)22-15/h2-3,5-6,12,16H,4,7-9H2,1H3/t12-/m1/s1. The van der Waals surface area contributed by atoms with Crippen LogP contribution in [0.4, 0.5) is 0 Å². The van der Waals surface area contributed by atoms with Crippen LogP contribution in [-0.4, -0.2) is 26.4 Å². The Morgan fingerprint density at radius 3 is 3.09 bits per heavy atom. The zero-order valence-electron chi connectivity index (χ0n) is 12.3. The molecule has 0 aliphatic carbocycles. The van der Waals surface area contributed by atoms with Gasteiger partial charge < -0.3 is 5.32 Å². The molecule has 1 aliphatic heterocycles. The van der Waals surface area contributed by atoms with Crippen LogP contribution >= 0.6 is 23.1 Å². The Morgan fingerprint density at radius 1 is 1.36 bits per heavy atom.